The van der Waals surface area contributed by atoms with E-state index in [1.807, 2.05) is 0 Å². The van der Waals surface area contributed by atoms with Gasteiger partial charge in [0.2, 0.25) is 16.0 Å². The van der Waals surface area contributed by atoms with Crippen LogP contribution in [0.2, 0.25) is 0 Å². The van der Waals surface area contributed by atoms with E-state index in [0.29, 0.717) is 24.0 Å². The van der Waals surface area contributed by atoms with Crippen LogP contribution < -0.4 is 20.7 Å². The van der Waals surface area contributed by atoms with Crippen molar-refractivity contribution in [1.82, 2.24) is 20.0 Å². The Bertz CT molecular complexity index is 1200. The molecule has 1 aromatic heterocycles. The summed E-state index contributed by atoms with van der Waals surface area (Å²) < 4.78 is 54.4. The molecule has 0 spiro atoms. The van der Waals surface area contributed by atoms with Crippen LogP contribution >= 0.6 is 0 Å². The van der Waals surface area contributed by atoms with Gasteiger partial charge < -0.3 is 16.0 Å². The number of sulfonamides is 1. The lowest BCUT2D eigenvalue weighted by molar-refractivity contribution is 0.427. The van der Waals surface area contributed by atoms with Crippen LogP contribution in [0.15, 0.2) is 59.6 Å². The smallest absolute Gasteiger partial charge is 0.240 e. The minimum absolute atomic E-state index is 0.0537. The topological polar surface area (TPSA) is 108 Å². The van der Waals surface area contributed by atoms with E-state index in [-0.39, 0.29) is 10.9 Å². The van der Waals surface area contributed by atoms with Crippen LogP contribution in [0.1, 0.15) is 18.4 Å². The van der Waals surface area contributed by atoms with Gasteiger partial charge in [-0.05, 0) is 61.8 Å². The lowest BCUT2D eigenvalue weighted by Crippen LogP contribution is -2.42. The highest BCUT2D eigenvalue weighted by molar-refractivity contribution is 7.89. The summed E-state index contributed by atoms with van der Waals surface area (Å²) in [4.78, 5) is 8.66. The molecule has 1 saturated heterocycles. The summed E-state index contributed by atoms with van der Waals surface area (Å²) >= 11 is 0. The molecule has 174 valence electrons. The van der Waals surface area contributed by atoms with Crippen LogP contribution in [-0.4, -0.2) is 37.5 Å². The van der Waals surface area contributed by atoms with Crippen LogP contribution in [0.4, 0.5) is 26.2 Å². The van der Waals surface area contributed by atoms with Crippen LogP contribution in [-0.2, 0) is 16.6 Å². The zero-order valence-electron chi connectivity index (χ0n) is 17.7. The fourth-order valence-electron chi connectivity index (χ4n) is 3.43. The summed E-state index contributed by atoms with van der Waals surface area (Å²) in [5.41, 5.74) is 1.20. The summed E-state index contributed by atoms with van der Waals surface area (Å²) in [6.07, 6.45) is 3.07. The van der Waals surface area contributed by atoms with Crippen molar-refractivity contribution >= 4 is 27.5 Å². The third-order valence-electron chi connectivity index (χ3n) is 5.19. The van der Waals surface area contributed by atoms with Crippen molar-refractivity contribution in [2.45, 2.75) is 30.3 Å². The normalized spacial score (nSPS) is 14.7. The van der Waals surface area contributed by atoms with E-state index in [4.69, 9.17) is 0 Å². The number of benzene rings is 2. The lowest BCUT2D eigenvalue weighted by atomic mass is 10.1. The van der Waals surface area contributed by atoms with Gasteiger partial charge in [0.15, 0.2) is 11.6 Å². The number of rotatable bonds is 8. The molecule has 1 aliphatic rings. The Balaban J connectivity index is 1.35. The number of nitrogens with one attached hydrogen (secondary N) is 4. The molecular formula is C22H24F2N6O2S. The molecule has 3 aromatic rings. The maximum Gasteiger partial charge on any atom is 0.240 e. The van der Waals surface area contributed by atoms with Gasteiger partial charge >= 0.3 is 0 Å². The number of piperidine rings is 1. The third-order valence-corrected chi connectivity index (χ3v) is 6.73. The van der Waals surface area contributed by atoms with E-state index in [1.54, 1.807) is 30.3 Å². The quantitative estimate of drug-likeness (QED) is 0.397. The number of aromatic nitrogens is 2. The fourth-order valence-corrected chi connectivity index (χ4v) is 4.74. The molecule has 2 heterocycles. The number of hydrogen-bond donors (Lipinski definition) is 4. The Hall–Kier alpha value is -3.15. The lowest BCUT2D eigenvalue weighted by Gasteiger charge is -2.23. The molecule has 0 radical (unpaired) electrons. The minimum atomic E-state index is -3.57. The van der Waals surface area contributed by atoms with Gasteiger partial charge in [-0.2, -0.15) is 4.98 Å². The SMILES string of the molecule is O=S(=O)(NC1CCNCC1)c1ccc(CNc2nccc(Nc3ccc(F)c(F)c3)n2)cc1. The average molecular weight is 475 g/mol. The zero-order valence-corrected chi connectivity index (χ0v) is 18.5. The molecule has 0 saturated carbocycles. The molecule has 2 aromatic carbocycles. The second kappa shape index (κ2) is 10.2. The monoisotopic (exact) mass is 474 g/mol. The Morgan fingerprint density at radius 3 is 2.48 bits per heavy atom. The van der Waals surface area contributed by atoms with Gasteiger partial charge in [0.1, 0.15) is 5.82 Å². The van der Waals surface area contributed by atoms with Crippen LogP contribution in [0.25, 0.3) is 0 Å². The van der Waals surface area contributed by atoms with E-state index in [1.165, 1.54) is 12.3 Å². The van der Waals surface area contributed by atoms with Gasteiger partial charge in [-0.1, -0.05) is 12.1 Å². The molecule has 0 bridgehead atoms. The van der Waals surface area contributed by atoms with Gasteiger partial charge in [-0.15, -0.1) is 0 Å². The maximum atomic E-state index is 13.4. The van der Waals surface area contributed by atoms with Gasteiger partial charge in [0, 0.05) is 30.5 Å². The highest BCUT2D eigenvalue weighted by Gasteiger charge is 2.21. The predicted molar refractivity (Wildman–Crippen MR) is 122 cm³/mol. The van der Waals surface area contributed by atoms with Crippen molar-refractivity contribution in [3.63, 3.8) is 0 Å². The molecule has 0 unspecified atom stereocenters. The second-order valence-electron chi connectivity index (χ2n) is 7.66. The third kappa shape index (κ3) is 6.21. The first kappa shape index (κ1) is 23.0. The van der Waals surface area contributed by atoms with Crippen molar-refractivity contribution < 1.29 is 17.2 Å². The number of anilines is 3. The molecule has 0 atom stereocenters. The van der Waals surface area contributed by atoms with Gasteiger partial charge in [0.05, 0.1) is 4.90 Å². The summed E-state index contributed by atoms with van der Waals surface area (Å²) in [6.45, 7) is 1.98. The molecule has 1 fully saturated rings. The molecule has 1 aliphatic heterocycles. The fraction of sp³-hybridized carbons (Fsp3) is 0.273. The summed E-state index contributed by atoms with van der Waals surface area (Å²) in [6, 6.07) is 11.6. The van der Waals surface area contributed by atoms with Crippen molar-refractivity contribution in [3.05, 3.63) is 71.9 Å². The molecule has 0 amide bonds. The highest BCUT2D eigenvalue weighted by atomic mass is 32.2. The Morgan fingerprint density at radius 1 is 1.00 bits per heavy atom. The maximum absolute atomic E-state index is 13.4. The van der Waals surface area contributed by atoms with E-state index < -0.39 is 21.7 Å². The Labute approximate surface area is 190 Å². The summed E-state index contributed by atoms with van der Waals surface area (Å²) in [5, 5.41) is 9.17. The van der Waals surface area contributed by atoms with Crippen LogP contribution in [0.3, 0.4) is 0 Å². The first-order valence-corrected chi connectivity index (χ1v) is 12.0. The first-order valence-electron chi connectivity index (χ1n) is 10.5. The molecule has 8 nitrogen and oxygen atoms in total. The standard InChI is InChI=1S/C22H24F2N6O2S/c23-19-6-3-17(13-20(19)24)28-21-9-12-26-22(29-21)27-14-15-1-4-18(5-2-15)33(31,32)30-16-7-10-25-11-8-16/h1-6,9,12-13,16,25,30H,7-8,10-11,14H2,(H2,26,27,28,29). The van der Waals surface area contributed by atoms with E-state index in [2.05, 4.69) is 30.6 Å². The number of nitrogens with zero attached hydrogens (tertiary/aromatic N) is 2. The average Bonchev–Trinajstić information content (AvgIpc) is 2.81. The Morgan fingerprint density at radius 2 is 1.76 bits per heavy atom. The minimum Gasteiger partial charge on any atom is -0.350 e. The number of hydrogen-bond acceptors (Lipinski definition) is 7. The molecule has 4 N–H and O–H groups in total. The largest absolute Gasteiger partial charge is 0.350 e. The molecule has 4 rings (SSSR count). The summed E-state index contributed by atoms with van der Waals surface area (Å²) in [7, 11) is -3.57. The van der Waals surface area contributed by atoms with Crippen molar-refractivity contribution in [2.24, 2.45) is 0 Å². The summed E-state index contributed by atoms with van der Waals surface area (Å²) in [5.74, 6) is -1.15. The van der Waals surface area contributed by atoms with E-state index in [0.717, 1.165) is 43.6 Å². The molecule has 0 aliphatic carbocycles. The van der Waals surface area contributed by atoms with Crippen molar-refractivity contribution in [2.75, 3.05) is 23.7 Å². The second-order valence-corrected chi connectivity index (χ2v) is 9.38. The molecular weight excluding hydrogens is 450 g/mol. The predicted octanol–water partition coefficient (Wildman–Crippen LogP) is 3.14. The van der Waals surface area contributed by atoms with Crippen molar-refractivity contribution in [1.29, 1.82) is 0 Å². The van der Waals surface area contributed by atoms with Gasteiger partial charge in [0.25, 0.3) is 0 Å². The van der Waals surface area contributed by atoms with Crippen LogP contribution in [0, 0.1) is 11.6 Å². The van der Waals surface area contributed by atoms with Gasteiger partial charge in [-0.25, -0.2) is 26.9 Å². The molecule has 11 heteroatoms. The van der Waals surface area contributed by atoms with E-state index >= 15 is 0 Å². The van der Waals surface area contributed by atoms with Gasteiger partial charge in [-0.3, -0.25) is 0 Å². The van der Waals surface area contributed by atoms with Crippen molar-refractivity contribution in [3.8, 4) is 0 Å². The number of halogens is 2. The van der Waals surface area contributed by atoms with E-state index in [9.17, 15) is 17.2 Å². The highest BCUT2D eigenvalue weighted by Crippen LogP contribution is 2.19. The van der Waals surface area contributed by atoms with Crippen LogP contribution in [0.5, 0.6) is 0 Å². The first-order chi connectivity index (χ1) is 15.9. The Kier molecular flexibility index (Phi) is 7.11. The zero-order chi connectivity index (χ0) is 23.3. The molecule has 33 heavy (non-hydrogen) atoms.